The van der Waals surface area contributed by atoms with Crippen LogP contribution in [0.15, 0.2) is 18.3 Å². The fourth-order valence-electron chi connectivity index (χ4n) is 2.64. The first-order chi connectivity index (χ1) is 8.98. The van der Waals surface area contributed by atoms with Crippen LogP contribution in [0.1, 0.15) is 49.2 Å². The summed E-state index contributed by atoms with van der Waals surface area (Å²) in [5, 5.41) is 9.15. The summed E-state index contributed by atoms with van der Waals surface area (Å²) < 4.78 is 0. The van der Waals surface area contributed by atoms with E-state index in [2.05, 4.69) is 23.7 Å². The van der Waals surface area contributed by atoms with Crippen LogP contribution in [0, 0.1) is 5.41 Å². The average Bonchev–Trinajstić information content (AvgIpc) is 2.51. The molecule has 1 saturated heterocycles. The van der Waals surface area contributed by atoms with E-state index in [-0.39, 0.29) is 5.69 Å². The number of pyridine rings is 1. The molecule has 0 spiro atoms. The van der Waals surface area contributed by atoms with Gasteiger partial charge in [0.15, 0.2) is 5.69 Å². The van der Waals surface area contributed by atoms with Gasteiger partial charge < -0.3 is 5.11 Å². The summed E-state index contributed by atoms with van der Waals surface area (Å²) in [6.07, 6.45) is 5.12. The van der Waals surface area contributed by atoms with E-state index in [0.717, 1.165) is 25.1 Å². The molecule has 0 unspecified atom stereocenters. The number of nitrogens with zero attached hydrogens (tertiary/aromatic N) is 2. The molecular formula is C15H22N2O2. The lowest BCUT2D eigenvalue weighted by Gasteiger charge is -2.23. The molecule has 2 rings (SSSR count). The number of hydrogen-bond acceptors (Lipinski definition) is 3. The molecule has 0 amide bonds. The molecule has 4 heteroatoms. The normalized spacial score (nSPS) is 19.9. The van der Waals surface area contributed by atoms with Crippen molar-refractivity contribution in [2.75, 3.05) is 13.1 Å². The lowest BCUT2D eigenvalue weighted by atomic mass is 9.85. The van der Waals surface area contributed by atoms with Crippen LogP contribution in [0.2, 0.25) is 0 Å². The molecule has 1 aromatic rings. The largest absolute Gasteiger partial charge is 0.477 e. The predicted octanol–water partition coefficient (Wildman–Crippen LogP) is 2.79. The number of likely N-dealkylation sites (tertiary alicyclic amines) is 1. The van der Waals surface area contributed by atoms with Crippen molar-refractivity contribution in [2.45, 2.75) is 39.7 Å². The summed E-state index contributed by atoms with van der Waals surface area (Å²) in [5.41, 5.74) is 1.40. The molecule has 1 fully saturated rings. The van der Waals surface area contributed by atoms with Crippen molar-refractivity contribution in [2.24, 2.45) is 5.41 Å². The van der Waals surface area contributed by atoms with Gasteiger partial charge in [0.05, 0.1) is 0 Å². The van der Waals surface area contributed by atoms with Crippen molar-refractivity contribution >= 4 is 5.97 Å². The van der Waals surface area contributed by atoms with E-state index in [0.29, 0.717) is 12.0 Å². The lowest BCUT2D eigenvalue weighted by molar-refractivity contribution is 0.0687. The molecule has 0 atom stereocenters. The van der Waals surface area contributed by atoms with Crippen molar-refractivity contribution in [1.82, 2.24) is 9.88 Å². The Labute approximate surface area is 114 Å². The van der Waals surface area contributed by atoms with E-state index in [9.17, 15) is 4.79 Å². The molecule has 1 N–H and O–H groups in total. The summed E-state index contributed by atoms with van der Waals surface area (Å²) in [7, 11) is 0. The van der Waals surface area contributed by atoms with Crippen molar-refractivity contribution in [3.8, 4) is 0 Å². The van der Waals surface area contributed by atoms with Gasteiger partial charge in [-0.15, -0.1) is 0 Å². The highest BCUT2D eigenvalue weighted by Crippen LogP contribution is 2.30. The van der Waals surface area contributed by atoms with Gasteiger partial charge in [-0.1, -0.05) is 19.9 Å². The maximum Gasteiger partial charge on any atom is 0.354 e. The molecule has 1 aromatic heterocycles. The highest BCUT2D eigenvalue weighted by atomic mass is 16.4. The minimum atomic E-state index is -0.939. The molecule has 104 valence electrons. The number of carboxylic acids is 1. The zero-order chi connectivity index (χ0) is 13.9. The molecular weight excluding hydrogens is 240 g/mol. The number of aromatic nitrogens is 1. The molecule has 19 heavy (non-hydrogen) atoms. The topological polar surface area (TPSA) is 53.4 Å². The summed E-state index contributed by atoms with van der Waals surface area (Å²) in [6.45, 7) is 7.37. The maximum atomic E-state index is 11.2. The number of hydrogen-bond donors (Lipinski definition) is 1. The summed E-state index contributed by atoms with van der Waals surface area (Å²) >= 11 is 0. The summed E-state index contributed by atoms with van der Waals surface area (Å²) in [5.74, 6) is -0.939. The molecule has 0 saturated carbocycles. The Hall–Kier alpha value is -1.42. The maximum absolute atomic E-state index is 11.2. The Morgan fingerprint density at radius 1 is 1.42 bits per heavy atom. The number of aromatic carboxylic acids is 1. The molecule has 1 aliphatic heterocycles. The number of carboxylic acid groups (broad SMARTS) is 1. The summed E-state index contributed by atoms with van der Waals surface area (Å²) in [6, 6.07) is 3.68. The molecule has 0 radical (unpaired) electrons. The van der Waals surface area contributed by atoms with Gasteiger partial charge in [0, 0.05) is 12.7 Å². The number of rotatable bonds is 3. The van der Waals surface area contributed by atoms with Crippen molar-refractivity contribution in [1.29, 1.82) is 0 Å². The van der Waals surface area contributed by atoms with Gasteiger partial charge in [-0.2, -0.15) is 0 Å². The third kappa shape index (κ3) is 3.77. The van der Waals surface area contributed by atoms with Crippen molar-refractivity contribution < 1.29 is 9.90 Å². The van der Waals surface area contributed by atoms with Gasteiger partial charge in [0.25, 0.3) is 0 Å². The second-order valence-corrected chi connectivity index (χ2v) is 6.11. The first-order valence-electron chi connectivity index (χ1n) is 6.87. The second-order valence-electron chi connectivity index (χ2n) is 6.11. The van der Waals surface area contributed by atoms with Crippen LogP contribution in [0.4, 0.5) is 0 Å². The van der Waals surface area contributed by atoms with Crippen molar-refractivity contribution in [3.63, 3.8) is 0 Å². The number of carbonyl (C=O) groups is 1. The van der Waals surface area contributed by atoms with Crippen LogP contribution in [0.5, 0.6) is 0 Å². The van der Waals surface area contributed by atoms with Crippen LogP contribution in [-0.2, 0) is 6.54 Å². The van der Waals surface area contributed by atoms with Crippen LogP contribution in [-0.4, -0.2) is 34.0 Å². The third-order valence-corrected chi connectivity index (χ3v) is 3.92. The minimum absolute atomic E-state index is 0.186. The quantitative estimate of drug-likeness (QED) is 0.910. The first kappa shape index (κ1) is 14.0. The Kier molecular flexibility index (Phi) is 4.20. The Balaban J connectivity index is 2.07. The van der Waals surface area contributed by atoms with Gasteiger partial charge >= 0.3 is 5.97 Å². The van der Waals surface area contributed by atoms with E-state index >= 15 is 0 Å². The van der Waals surface area contributed by atoms with E-state index in [1.165, 1.54) is 12.8 Å². The van der Waals surface area contributed by atoms with Gasteiger partial charge in [0.2, 0.25) is 0 Å². The summed E-state index contributed by atoms with van der Waals surface area (Å²) in [4.78, 5) is 17.5. The average molecular weight is 262 g/mol. The van der Waals surface area contributed by atoms with Gasteiger partial charge in [-0.05, 0) is 49.4 Å². The van der Waals surface area contributed by atoms with Crippen LogP contribution < -0.4 is 0 Å². The molecule has 0 aliphatic carbocycles. The highest BCUT2D eigenvalue weighted by Gasteiger charge is 2.23. The first-order valence-corrected chi connectivity index (χ1v) is 6.87. The fraction of sp³-hybridized carbons (Fsp3) is 0.600. The predicted molar refractivity (Wildman–Crippen MR) is 74.1 cm³/mol. The van der Waals surface area contributed by atoms with Gasteiger partial charge in [-0.25, -0.2) is 9.78 Å². The van der Waals surface area contributed by atoms with E-state index in [1.54, 1.807) is 6.20 Å². The smallest absolute Gasteiger partial charge is 0.354 e. The lowest BCUT2D eigenvalue weighted by Crippen LogP contribution is -2.26. The molecule has 0 bridgehead atoms. The Morgan fingerprint density at radius 2 is 2.21 bits per heavy atom. The third-order valence-electron chi connectivity index (χ3n) is 3.92. The molecule has 0 aromatic carbocycles. The monoisotopic (exact) mass is 262 g/mol. The van der Waals surface area contributed by atoms with E-state index < -0.39 is 5.97 Å². The van der Waals surface area contributed by atoms with Crippen LogP contribution in [0.3, 0.4) is 0 Å². The fourth-order valence-corrected chi connectivity index (χ4v) is 2.64. The van der Waals surface area contributed by atoms with E-state index in [4.69, 9.17) is 5.11 Å². The Morgan fingerprint density at radius 3 is 2.95 bits per heavy atom. The van der Waals surface area contributed by atoms with E-state index in [1.807, 2.05) is 12.1 Å². The van der Waals surface area contributed by atoms with Crippen LogP contribution in [0.25, 0.3) is 0 Å². The zero-order valence-corrected chi connectivity index (χ0v) is 11.7. The second kappa shape index (κ2) is 5.70. The minimum Gasteiger partial charge on any atom is -0.477 e. The molecule has 4 nitrogen and oxygen atoms in total. The standard InChI is InChI=1S/C15H22N2O2/c1-15(2)6-4-9-17(10-7-15)11-12-5-3-8-16-13(12)14(18)19/h3,5,8H,4,6-7,9-11H2,1-2H3,(H,18,19). The van der Waals surface area contributed by atoms with Gasteiger partial charge in [-0.3, -0.25) is 4.90 Å². The van der Waals surface area contributed by atoms with Gasteiger partial charge in [0.1, 0.15) is 0 Å². The Bertz CT molecular complexity index is 457. The SMILES string of the molecule is CC1(C)CCCN(Cc2cccnc2C(=O)O)CC1. The van der Waals surface area contributed by atoms with Crippen molar-refractivity contribution in [3.05, 3.63) is 29.6 Å². The van der Waals surface area contributed by atoms with Crippen LogP contribution >= 0.6 is 0 Å². The molecule has 2 heterocycles. The highest BCUT2D eigenvalue weighted by molar-refractivity contribution is 5.86. The zero-order valence-electron chi connectivity index (χ0n) is 11.7. The molecule has 1 aliphatic rings.